The van der Waals surface area contributed by atoms with Crippen molar-refractivity contribution in [2.24, 2.45) is 0 Å². The molecular weight excluding hydrogens is 445 g/mol. The molecule has 0 radical (unpaired) electrons. The van der Waals surface area contributed by atoms with Crippen LogP contribution in [0.5, 0.6) is 0 Å². The third-order valence-electron chi connectivity index (χ3n) is 5.57. The number of hydrogen-bond donors (Lipinski definition) is 1. The number of amides is 2. The first-order valence-corrected chi connectivity index (χ1v) is 11.3. The second-order valence-electron chi connectivity index (χ2n) is 7.85. The van der Waals surface area contributed by atoms with Crippen molar-refractivity contribution in [2.45, 2.75) is 20.3 Å². The number of carbonyl (C=O) groups is 1. The number of aromatic nitrogens is 2. The van der Waals surface area contributed by atoms with Crippen LogP contribution < -0.4 is 10.2 Å². The van der Waals surface area contributed by atoms with Crippen LogP contribution in [0.4, 0.5) is 16.3 Å². The Balaban J connectivity index is 1.46. The summed E-state index contributed by atoms with van der Waals surface area (Å²) in [6, 6.07) is 15.2. The van der Waals surface area contributed by atoms with Crippen LogP contribution in [0.3, 0.4) is 0 Å². The molecule has 2 aromatic carbocycles. The number of halogens is 2. The van der Waals surface area contributed by atoms with E-state index in [1.807, 2.05) is 32.0 Å². The number of aryl methyl sites for hydroxylation is 2. The Morgan fingerprint density at radius 2 is 1.72 bits per heavy atom. The topological polar surface area (TPSA) is 61.4 Å². The first-order valence-electron chi connectivity index (χ1n) is 10.5. The van der Waals surface area contributed by atoms with Gasteiger partial charge < -0.3 is 15.1 Å². The van der Waals surface area contributed by atoms with E-state index in [9.17, 15) is 4.79 Å². The maximum absolute atomic E-state index is 12.7. The van der Waals surface area contributed by atoms with Gasteiger partial charge in [-0.25, -0.2) is 14.8 Å². The molecule has 0 atom stereocenters. The fourth-order valence-electron chi connectivity index (χ4n) is 3.89. The van der Waals surface area contributed by atoms with Crippen molar-refractivity contribution < 1.29 is 4.79 Å². The van der Waals surface area contributed by atoms with E-state index >= 15 is 0 Å². The molecule has 1 saturated heterocycles. The lowest BCUT2D eigenvalue weighted by atomic mass is 10.0. The molecule has 0 spiro atoms. The highest BCUT2D eigenvalue weighted by molar-refractivity contribution is 6.36. The van der Waals surface area contributed by atoms with Gasteiger partial charge >= 0.3 is 6.03 Å². The molecule has 1 N–H and O–H groups in total. The van der Waals surface area contributed by atoms with Crippen LogP contribution in [0.15, 0.2) is 48.5 Å². The number of nitrogens with one attached hydrogen (secondary N) is 1. The average molecular weight is 470 g/mol. The Morgan fingerprint density at radius 1 is 1.00 bits per heavy atom. The minimum absolute atomic E-state index is 0.173. The number of rotatable bonds is 4. The normalized spacial score (nSPS) is 13.9. The number of benzene rings is 2. The highest BCUT2D eigenvalue weighted by Gasteiger charge is 2.25. The zero-order valence-electron chi connectivity index (χ0n) is 18.1. The summed E-state index contributed by atoms with van der Waals surface area (Å²) in [5.41, 5.74) is 3.90. The number of nitrogens with zero attached hydrogens (tertiary/aromatic N) is 4. The third-order valence-corrected chi connectivity index (χ3v) is 6.11. The van der Waals surface area contributed by atoms with Crippen molar-refractivity contribution in [1.29, 1.82) is 0 Å². The van der Waals surface area contributed by atoms with Gasteiger partial charge in [0, 0.05) is 48.9 Å². The van der Waals surface area contributed by atoms with Gasteiger partial charge in [0.15, 0.2) is 0 Å². The number of anilines is 2. The first kappa shape index (κ1) is 22.4. The predicted molar refractivity (Wildman–Crippen MR) is 130 cm³/mol. The zero-order chi connectivity index (χ0) is 22.7. The van der Waals surface area contributed by atoms with Gasteiger partial charge in [0.25, 0.3) is 0 Å². The average Bonchev–Trinajstić information content (AvgIpc) is 2.78. The molecule has 0 unspecified atom stereocenters. The number of piperazine rings is 1. The molecule has 0 aliphatic carbocycles. The molecule has 1 aliphatic rings. The molecule has 1 aliphatic heterocycles. The minimum Gasteiger partial charge on any atom is -0.353 e. The lowest BCUT2D eigenvalue weighted by Gasteiger charge is -2.36. The van der Waals surface area contributed by atoms with Gasteiger partial charge in [0.2, 0.25) is 0 Å². The van der Waals surface area contributed by atoms with Crippen molar-refractivity contribution in [1.82, 2.24) is 14.9 Å². The van der Waals surface area contributed by atoms with Gasteiger partial charge in [0.05, 0.1) is 10.7 Å². The van der Waals surface area contributed by atoms with Crippen LogP contribution in [0.25, 0.3) is 0 Å². The molecule has 2 heterocycles. The Bertz CT molecular complexity index is 1110. The third kappa shape index (κ3) is 5.14. The smallest absolute Gasteiger partial charge is 0.322 e. The van der Waals surface area contributed by atoms with Crippen molar-refractivity contribution in [3.8, 4) is 0 Å². The summed E-state index contributed by atoms with van der Waals surface area (Å²) in [4.78, 5) is 26.2. The SMILES string of the molecule is Cc1nc(C)c(Cc2ccccc2)c(N2CCN(C(=O)Nc3ccc(Cl)cc3Cl)CC2)n1. The zero-order valence-corrected chi connectivity index (χ0v) is 19.6. The largest absolute Gasteiger partial charge is 0.353 e. The van der Waals surface area contributed by atoms with Gasteiger partial charge in [-0.3, -0.25) is 0 Å². The van der Waals surface area contributed by atoms with Crippen molar-refractivity contribution >= 4 is 40.7 Å². The maximum atomic E-state index is 12.7. The summed E-state index contributed by atoms with van der Waals surface area (Å²) in [7, 11) is 0. The predicted octanol–water partition coefficient (Wildman–Crippen LogP) is 5.35. The maximum Gasteiger partial charge on any atom is 0.322 e. The highest BCUT2D eigenvalue weighted by Crippen LogP contribution is 2.27. The van der Waals surface area contributed by atoms with Crippen molar-refractivity contribution in [3.63, 3.8) is 0 Å². The van der Waals surface area contributed by atoms with E-state index < -0.39 is 0 Å². The van der Waals surface area contributed by atoms with Gasteiger partial charge in [-0.15, -0.1) is 0 Å². The van der Waals surface area contributed by atoms with Crippen LogP contribution in [0.1, 0.15) is 22.6 Å². The first-order chi connectivity index (χ1) is 15.4. The molecular formula is C24H25Cl2N5O. The molecule has 2 amide bonds. The molecule has 6 nitrogen and oxygen atoms in total. The summed E-state index contributed by atoms with van der Waals surface area (Å²) in [6.45, 7) is 6.52. The minimum atomic E-state index is -0.173. The Labute approximate surface area is 198 Å². The van der Waals surface area contributed by atoms with Crippen LogP contribution in [-0.4, -0.2) is 47.1 Å². The molecule has 0 bridgehead atoms. The van der Waals surface area contributed by atoms with E-state index in [0.717, 1.165) is 29.3 Å². The lowest BCUT2D eigenvalue weighted by molar-refractivity contribution is 0.208. The Morgan fingerprint density at radius 3 is 2.41 bits per heavy atom. The van der Waals surface area contributed by atoms with E-state index in [1.54, 1.807) is 23.1 Å². The summed E-state index contributed by atoms with van der Waals surface area (Å²) >= 11 is 12.1. The molecule has 0 saturated carbocycles. The van der Waals surface area contributed by atoms with E-state index in [4.69, 9.17) is 28.2 Å². The highest BCUT2D eigenvalue weighted by atomic mass is 35.5. The lowest BCUT2D eigenvalue weighted by Crippen LogP contribution is -2.50. The van der Waals surface area contributed by atoms with Gasteiger partial charge in [-0.2, -0.15) is 0 Å². The summed E-state index contributed by atoms with van der Waals surface area (Å²) in [5.74, 6) is 1.71. The van der Waals surface area contributed by atoms with Gasteiger partial charge in [-0.05, 0) is 37.6 Å². The van der Waals surface area contributed by atoms with E-state index in [1.165, 1.54) is 5.56 Å². The van der Waals surface area contributed by atoms with Gasteiger partial charge in [0.1, 0.15) is 11.6 Å². The Kier molecular flexibility index (Phi) is 6.82. The quantitative estimate of drug-likeness (QED) is 0.559. The number of carbonyl (C=O) groups excluding carboxylic acids is 1. The molecule has 8 heteroatoms. The molecule has 32 heavy (non-hydrogen) atoms. The number of urea groups is 1. The second kappa shape index (κ2) is 9.76. The standard InChI is InChI=1S/C24H25Cl2N5O/c1-16-20(14-18-6-4-3-5-7-18)23(28-17(2)27-16)30-10-12-31(13-11-30)24(32)29-22-9-8-19(25)15-21(22)26/h3-9,15H,10-14H2,1-2H3,(H,29,32). The summed E-state index contributed by atoms with van der Waals surface area (Å²) in [6.07, 6.45) is 0.776. The van der Waals surface area contributed by atoms with E-state index in [2.05, 4.69) is 27.3 Å². The fraction of sp³-hybridized carbons (Fsp3) is 0.292. The van der Waals surface area contributed by atoms with Gasteiger partial charge in [-0.1, -0.05) is 53.5 Å². The number of hydrogen-bond acceptors (Lipinski definition) is 4. The summed E-state index contributed by atoms with van der Waals surface area (Å²) < 4.78 is 0. The van der Waals surface area contributed by atoms with Crippen molar-refractivity contribution in [2.75, 3.05) is 36.4 Å². The molecule has 4 rings (SSSR count). The Hall–Kier alpha value is -2.83. The molecule has 1 fully saturated rings. The van der Waals surface area contributed by atoms with Crippen LogP contribution in [-0.2, 0) is 6.42 Å². The second-order valence-corrected chi connectivity index (χ2v) is 8.69. The molecule has 166 valence electrons. The van der Waals surface area contributed by atoms with E-state index in [-0.39, 0.29) is 6.03 Å². The van der Waals surface area contributed by atoms with E-state index in [0.29, 0.717) is 41.9 Å². The monoisotopic (exact) mass is 469 g/mol. The molecule has 1 aromatic heterocycles. The van der Waals surface area contributed by atoms with Crippen LogP contribution in [0, 0.1) is 13.8 Å². The fourth-order valence-corrected chi connectivity index (χ4v) is 4.35. The molecule has 3 aromatic rings. The van der Waals surface area contributed by atoms with Crippen LogP contribution >= 0.6 is 23.2 Å². The summed E-state index contributed by atoms with van der Waals surface area (Å²) in [5, 5.41) is 3.83. The van der Waals surface area contributed by atoms with Crippen molar-refractivity contribution in [3.05, 3.63) is 81.2 Å². The van der Waals surface area contributed by atoms with Crippen LogP contribution in [0.2, 0.25) is 10.0 Å².